The van der Waals surface area contributed by atoms with Gasteiger partial charge in [-0.05, 0) is 50.9 Å². The van der Waals surface area contributed by atoms with Crippen LogP contribution in [0.4, 0.5) is 0 Å². The number of nitrogens with one attached hydrogen (secondary N) is 2. The van der Waals surface area contributed by atoms with Gasteiger partial charge in [-0.2, -0.15) is 5.10 Å². The third kappa shape index (κ3) is 3.57. The smallest absolute Gasteiger partial charge is 0.0638 e. The van der Waals surface area contributed by atoms with E-state index in [0.717, 1.165) is 31.0 Å². The quantitative estimate of drug-likeness (QED) is 0.862. The molecule has 2 heterocycles. The second kappa shape index (κ2) is 7.07. The molecule has 0 saturated carbocycles. The number of nitrogens with zero attached hydrogens (tertiary/aromatic N) is 2. The van der Waals surface area contributed by atoms with Gasteiger partial charge in [0.2, 0.25) is 0 Å². The van der Waals surface area contributed by atoms with Gasteiger partial charge in [-0.15, -0.1) is 0 Å². The van der Waals surface area contributed by atoms with Gasteiger partial charge in [0, 0.05) is 30.9 Å². The van der Waals surface area contributed by atoms with Gasteiger partial charge in [-0.3, -0.25) is 10.00 Å². The molecule has 0 bridgehead atoms. The Morgan fingerprint density at radius 2 is 1.82 bits per heavy atom. The van der Waals surface area contributed by atoms with Crippen LogP contribution < -0.4 is 5.32 Å². The number of aryl methyl sites for hydroxylation is 2. The van der Waals surface area contributed by atoms with Crippen molar-refractivity contribution in [3.63, 3.8) is 0 Å². The highest BCUT2D eigenvalue weighted by atomic mass is 15.1. The molecule has 0 spiro atoms. The number of likely N-dealkylation sites (tertiary alicyclic amines) is 1. The van der Waals surface area contributed by atoms with E-state index < -0.39 is 0 Å². The molecule has 1 aromatic heterocycles. The van der Waals surface area contributed by atoms with Crippen LogP contribution in [0.2, 0.25) is 0 Å². The lowest BCUT2D eigenvalue weighted by Gasteiger charge is -2.17. The van der Waals surface area contributed by atoms with Crippen molar-refractivity contribution in [3.05, 3.63) is 52.3 Å². The first-order valence-electron chi connectivity index (χ1n) is 8.24. The predicted molar refractivity (Wildman–Crippen MR) is 89.6 cm³/mol. The zero-order valence-electron chi connectivity index (χ0n) is 13.7. The van der Waals surface area contributed by atoms with Crippen LogP contribution in [-0.4, -0.2) is 28.2 Å². The molecule has 0 atom stereocenters. The van der Waals surface area contributed by atoms with Crippen LogP contribution in [0, 0.1) is 13.8 Å². The highest BCUT2D eigenvalue weighted by Crippen LogP contribution is 2.16. The van der Waals surface area contributed by atoms with Crippen LogP contribution in [-0.2, 0) is 19.6 Å². The van der Waals surface area contributed by atoms with Crippen molar-refractivity contribution in [2.24, 2.45) is 0 Å². The molecule has 0 unspecified atom stereocenters. The fourth-order valence-corrected chi connectivity index (χ4v) is 3.22. The molecular formula is C18H26N4. The lowest BCUT2D eigenvalue weighted by molar-refractivity contribution is 0.330. The standard InChI is InChI=1S/C18H26N4/c1-14-18(15(2)21-20-14)12-19-11-16-7-3-4-8-17(16)13-22-9-5-6-10-22/h3-4,7-8,19H,5-6,9-13H2,1-2H3,(H,20,21). The van der Waals surface area contributed by atoms with Crippen LogP contribution in [0.1, 0.15) is 40.9 Å². The second-order valence-electron chi connectivity index (χ2n) is 6.27. The van der Waals surface area contributed by atoms with Crippen LogP contribution in [0.15, 0.2) is 24.3 Å². The number of H-pyrrole nitrogens is 1. The summed E-state index contributed by atoms with van der Waals surface area (Å²) < 4.78 is 0. The maximum absolute atomic E-state index is 4.26. The normalized spacial score (nSPS) is 15.5. The summed E-state index contributed by atoms with van der Waals surface area (Å²) >= 11 is 0. The number of aromatic nitrogens is 2. The van der Waals surface area contributed by atoms with Crippen LogP contribution in [0.25, 0.3) is 0 Å². The maximum Gasteiger partial charge on any atom is 0.0638 e. The molecule has 3 rings (SSSR count). The minimum atomic E-state index is 0.867. The summed E-state index contributed by atoms with van der Waals surface area (Å²) in [4.78, 5) is 2.56. The number of aromatic amines is 1. The SMILES string of the molecule is Cc1n[nH]c(C)c1CNCc1ccccc1CN1CCCC1. The third-order valence-electron chi connectivity index (χ3n) is 4.61. The van der Waals surface area contributed by atoms with Gasteiger partial charge in [-0.1, -0.05) is 24.3 Å². The third-order valence-corrected chi connectivity index (χ3v) is 4.61. The van der Waals surface area contributed by atoms with Crippen molar-refractivity contribution in [2.45, 2.75) is 46.3 Å². The van der Waals surface area contributed by atoms with Gasteiger partial charge in [0.25, 0.3) is 0 Å². The minimum absolute atomic E-state index is 0.867. The van der Waals surface area contributed by atoms with Gasteiger partial charge in [0.15, 0.2) is 0 Å². The topological polar surface area (TPSA) is 44.0 Å². The molecule has 1 aromatic carbocycles. The molecule has 2 aromatic rings. The summed E-state index contributed by atoms with van der Waals surface area (Å²) in [5.74, 6) is 0. The molecule has 4 heteroatoms. The van der Waals surface area contributed by atoms with Crippen molar-refractivity contribution >= 4 is 0 Å². The van der Waals surface area contributed by atoms with Gasteiger partial charge < -0.3 is 5.32 Å². The molecule has 22 heavy (non-hydrogen) atoms. The number of hydrogen-bond donors (Lipinski definition) is 2. The molecule has 4 nitrogen and oxygen atoms in total. The monoisotopic (exact) mass is 298 g/mol. The number of rotatable bonds is 6. The van der Waals surface area contributed by atoms with E-state index >= 15 is 0 Å². The lowest BCUT2D eigenvalue weighted by atomic mass is 10.1. The first-order valence-corrected chi connectivity index (χ1v) is 8.24. The van der Waals surface area contributed by atoms with Crippen LogP contribution in [0.5, 0.6) is 0 Å². The Morgan fingerprint density at radius 3 is 2.50 bits per heavy atom. The van der Waals surface area contributed by atoms with E-state index in [1.165, 1.54) is 42.6 Å². The Kier molecular flexibility index (Phi) is 4.90. The van der Waals surface area contributed by atoms with Crippen LogP contribution >= 0.6 is 0 Å². The van der Waals surface area contributed by atoms with E-state index in [1.54, 1.807) is 0 Å². The van der Waals surface area contributed by atoms with E-state index in [9.17, 15) is 0 Å². The molecular weight excluding hydrogens is 272 g/mol. The van der Waals surface area contributed by atoms with Crippen molar-refractivity contribution in [2.75, 3.05) is 13.1 Å². The number of hydrogen-bond acceptors (Lipinski definition) is 3. The molecule has 2 N–H and O–H groups in total. The Labute approximate surface area is 132 Å². The van der Waals surface area contributed by atoms with E-state index in [1.807, 2.05) is 0 Å². The molecule has 1 aliphatic heterocycles. The average molecular weight is 298 g/mol. The fourth-order valence-electron chi connectivity index (χ4n) is 3.22. The van der Waals surface area contributed by atoms with Crippen molar-refractivity contribution in [1.82, 2.24) is 20.4 Å². The summed E-state index contributed by atoms with van der Waals surface area (Å²) in [7, 11) is 0. The highest BCUT2D eigenvalue weighted by Gasteiger charge is 2.13. The average Bonchev–Trinajstić information content (AvgIpc) is 3.13. The first kappa shape index (κ1) is 15.3. The number of benzene rings is 1. The Morgan fingerprint density at radius 1 is 1.09 bits per heavy atom. The molecule has 1 fully saturated rings. The van der Waals surface area contributed by atoms with Crippen LogP contribution in [0.3, 0.4) is 0 Å². The van der Waals surface area contributed by atoms with Crippen molar-refractivity contribution in [3.8, 4) is 0 Å². The second-order valence-corrected chi connectivity index (χ2v) is 6.27. The van der Waals surface area contributed by atoms with Gasteiger partial charge in [-0.25, -0.2) is 0 Å². The fraction of sp³-hybridized carbons (Fsp3) is 0.500. The summed E-state index contributed by atoms with van der Waals surface area (Å²) in [6.07, 6.45) is 2.69. The minimum Gasteiger partial charge on any atom is -0.308 e. The van der Waals surface area contributed by atoms with E-state index in [2.05, 4.69) is 58.5 Å². The predicted octanol–water partition coefficient (Wildman–Crippen LogP) is 2.91. The molecule has 0 aliphatic carbocycles. The summed E-state index contributed by atoms with van der Waals surface area (Å²) in [6, 6.07) is 8.80. The molecule has 0 amide bonds. The Bertz CT molecular complexity index is 592. The Hall–Kier alpha value is -1.65. The zero-order chi connectivity index (χ0) is 15.4. The summed E-state index contributed by atoms with van der Waals surface area (Å²) in [5.41, 5.74) is 6.41. The highest BCUT2D eigenvalue weighted by molar-refractivity contribution is 5.28. The van der Waals surface area contributed by atoms with Gasteiger partial charge >= 0.3 is 0 Å². The van der Waals surface area contributed by atoms with Gasteiger partial charge in [0.05, 0.1) is 5.69 Å². The molecule has 1 aliphatic rings. The maximum atomic E-state index is 4.26. The summed E-state index contributed by atoms with van der Waals surface area (Å²) in [6.45, 7) is 9.49. The lowest BCUT2D eigenvalue weighted by Crippen LogP contribution is -2.21. The zero-order valence-corrected chi connectivity index (χ0v) is 13.7. The van der Waals surface area contributed by atoms with E-state index in [0.29, 0.717) is 0 Å². The largest absolute Gasteiger partial charge is 0.308 e. The first-order chi connectivity index (χ1) is 10.7. The van der Waals surface area contributed by atoms with E-state index in [-0.39, 0.29) is 0 Å². The van der Waals surface area contributed by atoms with Gasteiger partial charge in [0.1, 0.15) is 0 Å². The summed E-state index contributed by atoms with van der Waals surface area (Å²) in [5, 5.41) is 10.9. The molecule has 1 saturated heterocycles. The van der Waals surface area contributed by atoms with Crippen molar-refractivity contribution in [1.29, 1.82) is 0 Å². The molecule has 118 valence electrons. The van der Waals surface area contributed by atoms with Crippen molar-refractivity contribution < 1.29 is 0 Å². The van der Waals surface area contributed by atoms with E-state index in [4.69, 9.17) is 0 Å². The molecule has 0 radical (unpaired) electrons. The Balaban J connectivity index is 1.60.